The second kappa shape index (κ2) is 9.80. The van der Waals surface area contributed by atoms with Gasteiger partial charge in [-0.3, -0.25) is 4.79 Å². The largest absolute Gasteiger partial charge is 0.466 e. The van der Waals surface area contributed by atoms with E-state index in [2.05, 4.69) is 15.9 Å². The SMILES string of the molecule is CCOC(=O)CCCN(C(=O)OC(C)(C)C)[C@@H](C)c1cccc(Br)c1. The molecule has 0 saturated carbocycles. The Morgan fingerprint density at radius 2 is 1.96 bits per heavy atom. The molecule has 140 valence electrons. The predicted octanol–water partition coefficient (Wildman–Crippen LogP) is 5.09. The topological polar surface area (TPSA) is 55.8 Å². The highest BCUT2D eigenvalue weighted by molar-refractivity contribution is 9.10. The number of ether oxygens (including phenoxy) is 2. The van der Waals surface area contributed by atoms with Crippen molar-refractivity contribution < 1.29 is 19.1 Å². The van der Waals surface area contributed by atoms with Crippen LogP contribution < -0.4 is 0 Å². The first-order chi connectivity index (χ1) is 11.6. The minimum Gasteiger partial charge on any atom is -0.466 e. The first-order valence-electron chi connectivity index (χ1n) is 8.54. The van der Waals surface area contributed by atoms with Gasteiger partial charge in [0.15, 0.2) is 0 Å². The van der Waals surface area contributed by atoms with Gasteiger partial charge in [-0.1, -0.05) is 28.1 Å². The van der Waals surface area contributed by atoms with E-state index in [9.17, 15) is 9.59 Å². The number of hydrogen-bond donors (Lipinski definition) is 0. The third-order valence-corrected chi connectivity index (χ3v) is 4.01. The van der Waals surface area contributed by atoms with Crippen LogP contribution in [-0.4, -0.2) is 35.7 Å². The van der Waals surface area contributed by atoms with Crippen LogP contribution in [-0.2, 0) is 14.3 Å². The second-order valence-corrected chi connectivity index (χ2v) is 7.73. The van der Waals surface area contributed by atoms with Crippen LogP contribution in [0.5, 0.6) is 0 Å². The van der Waals surface area contributed by atoms with Crippen LogP contribution in [0.2, 0.25) is 0 Å². The zero-order chi connectivity index (χ0) is 19.0. The van der Waals surface area contributed by atoms with Gasteiger partial charge >= 0.3 is 12.1 Å². The molecule has 0 spiro atoms. The first kappa shape index (κ1) is 21.5. The summed E-state index contributed by atoms with van der Waals surface area (Å²) >= 11 is 3.46. The minimum atomic E-state index is -0.576. The summed E-state index contributed by atoms with van der Waals surface area (Å²) in [6, 6.07) is 7.65. The van der Waals surface area contributed by atoms with E-state index in [0.29, 0.717) is 19.6 Å². The molecule has 0 heterocycles. The summed E-state index contributed by atoms with van der Waals surface area (Å²) in [4.78, 5) is 25.8. The lowest BCUT2D eigenvalue weighted by Crippen LogP contribution is -2.39. The average Bonchev–Trinajstić information content (AvgIpc) is 2.49. The fourth-order valence-corrected chi connectivity index (χ4v) is 2.75. The van der Waals surface area contributed by atoms with Gasteiger partial charge in [0.1, 0.15) is 5.60 Å². The molecule has 0 aromatic heterocycles. The number of carbonyl (C=O) groups excluding carboxylic acids is 2. The summed E-state index contributed by atoms with van der Waals surface area (Å²) in [6.07, 6.45) is 0.415. The predicted molar refractivity (Wildman–Crippen MR) is 101 cm³/mol. The van der Waals surface area contributed by atoms with Crippen molar-refractivity contribution in [3.63, 3.8) is 0 Å². The van der Waals surface area contributed by atoms with E-state index in [4.69, 9.17) is 9.47 Å². The molecule has 0 aliphatic heterocycles. The van der Waals surface area contributed by atoms with Gasteiger partial charge in [-0.15, -0.1) is 0 Å². The van der Waals surface area contributed by atoms with Crippen molar-refractivity contribution in [1.82, 2.24) is 4.90 Å². The normalized spacial score (nSPS) is 12.4. The van der Waals surface area contributed by atoms with Crippen molar-refractivity contribution in [2.75, 3.05) is 13.2 Å². The smallest absolute Gasteiger partial charge is 0.410 e. The Hall–Kier alpha value is -1.56. The maximum atomic E-state index is 12.6. The summed E-state index contributed by atoms with van der Waals surface area (Å²) in [5.74, 6) is -0.248. The van der Waals surface area contributed by atoms with Crippen molar-refractivity contribution in [2.24, 2.45) is 0 Å². The van der Waals surface area contributed by atoms with Crippen LogP contribution in [0.1, 0.15) is 59.1 Å². The highest BCUT2D eigenvalue weighted by atomic mass is 79.9. The average molecular weight is 414 g/mol. The molecule has 0 unspecified atom stereocenters. The van der Waals surface area contributed by atoms with E-state index in [1.807, 2.05) is 52.0 Å². The number of rotatable bonds is 7. The molecule has 0 fully saturated rings. The van der Waals surface area contributed by atoms with E-state index < -0.39 is 5.60 Å². The summed E-state index contributed by atoms with van der Waals surface area (Å²) in [7, 11) is 0. The van der Waals surface area contributed by atoms with Gasteiger partial charge in [0, 0.05) is 17.4 Å². The molecule has 1 aromatic rings. The summed E-state index contributed by atoms with van der Waals surface area (Å²) < 4.78 is 11.4. The number of amides is 1. The quantitative estimate of drug-likeness (QED) is 0.584. The number of carbonyl (C=O) groups is 2. The van der Waals surface area contributed by atoms with Gasteiger partial charge in [-0.05, 0) is 58.7 Å². The molecule has 25 heavy (non-hydrogen) atoms. The third-order valence-electron chi connectivity index (χ3n) is 3.51. The molecule has 0 bridgehead atoms. The van der Waals surface area contributed by atoms with E-state index >= 15 is 0 Å². The van der Waals surface area contributed by atoms with E-state index in [1.54, 1.807) is 11.8 Å². The number of benzene rings is 1. The van der Waals surface area contributed by atoms with Gasteiger partial charge < -0.3 is 14.4 Å². The van der Waals surface area contributed by atoms with Crippen LogP contribution in [0.15, 0.2) is 28.7 Å². The highest BCUT2D eigenvalue weighted by Crippen LogP contribution is 2.25. The molecule has 1 amide bonds. The lowest BCUT2D eigenvalue weighted by Gasteiger charge is -2.32. The molecule has 0 aliphatic carbocycles. The van der Waals surface area contributed by atoms with Crippen LogP contribution in [0.25, 0.3) is 0 Å². The molecule has 5 nitrogen and oxygen atoms in total. The fraction of sp³-hybridized carbons (Fsp3) is 0.579. The highest BCUT2D eigenvalue weighted by Gasteiger charge is 2.27. The van der Waals surface area contributed by atoms with Crippen LogP contribution in [0, 0.1) is 0 Å². The van der Waals surface area contributed by atoms with E-state index in [-0.39, 0.29) is 24.5 Å². The third kappa shape index (κ3) is 7.90. The molecule has 6 heteroatoms. The molecule has 1 atom stereocenters. The molecule has 0 saturated heterocycles. The van der Waals surface area contributed by atoms with Crippen molar-refractivity contribution in [3.05, 3.63) is 34.3 Å². The minimum absolute atomic E-state index is 0.172. The second-order valence-electron chi connectivity index (χ2n) is 6.81. The first-order valence-corrected chi connectivity index (χ1v) is 9.34. The maximum Gasteiger partial charge on any atom is 0.410 e. The van der Waals surface area contributed by atoms with Gasteiger partial charge in [0.25, 0.3) is 0 Å². The Morgan fingerprint density at radius 3 is 2.52 bits per heavy atom. The summed E-state index contributed by atoms with van der Waals surface area (Å²) in [6.45, 7) is 10.0. The number of nitrogens with zero attached hydrogens (tertiary/aromatic N) is 1. The van der Waals surface area contributed by atoms with E-state index in [1.165, 1.54) is 0 Å². The fourth-order valence-electron chi connectivity index (χ4n) is 2.34. The van der Waals surface area contributed by atoms with Crippen LogP contribution >= 0.6 is 15.9 Å². The van der Waals surface area contributed by atoms with E-state index in [0.717, 1.165) is 10.0 Å². The Labute approximate surface area is 158 Å². The standard InChI is InChI=1S/C19H28BrNO4/c1-6-24-17(22)11-8-12-21(18(23)25-19(3,4)5)14(2)15-9-7-10-16(20)13-15/h7,9-10,13-14H,6,8,11-12H2,1-5H3/t14-/m0/s1. The lowest BCUT2D eigenvalue weighted by atomic mass is 10.1. The zero-order valence-electron chi connectivity index (χ0n) is 15.7. The van der Waals surface area contributed by atoms with Crippen LogP contribution in [0.4, 0.5) is 4.79 Å². The monoisotopic (exact) mass is 413 g/mol. The van der Waals surface area contributed by atoms with Crippen molar-refractivity contribution >= 4 is 28.0 Å². The summed E-state index contributed by atoms with van der Waals surface area (Å²) in [5, 5.41) is 0. The van der Waals surface area contributed by atoms with Gasteiger partial charge in [0.05, 0.1) is 12.6 Å². The Kier molecular flexibility index (Phi) is 8.42. The Morgan fingerprint density at radius 1 is 1.28 bits per heavy atom. The molecule has 0 radical (unpaired) electrons. The van der Waals surface area contributed by atoms with Crippen molar-refractivity contribution in [1.29, 1.82) is 0 Å². The van der Waals surface area contributed by atoms with Gasteiger partial charge in [0.2, 0.25) is 0 Å². The molecular weight excluding hydrogens is 386 g/mol. The van der Waals surface area contributed by atoms with Gasteiger partial charge in [-0.2, -0.15) is 0 Å². The lowest BCUT2D eigenvalue weighted by molar-refractivity contribution is -0.143. The van der Waals surface area contributed by atoms with Crippen molar-refractivity contribution in [3.8, 4) is 0 Å². The molecular formula is C19H28BrNO4. The number of hydrogen-bond acceptors (Lipinski definition) is 4. The zero-order valence-corrected chi connectivity index (χ0v) is 17.3. The maximum absolute atomic E-state index is 12.6. The summed E-state index contributed by atoms with van der Waals surface area (Å²) in [5.41, 5.74) is 0.421. The van der Waals surface area contributed by atoms with Crippen molar-refractivity contribution in [2.45, 2.75) is 59.1 Å². The Balaban J connectivity index is 2.86. The molecule has 0 aliphatic rings. The van der Waals surface area contributed by atoms with Crippen LogP contribution in [0.3, 0.4) is 0 Å². The number of halogens is 1. The number of esters is 1. The molecule has 1 aromatic carbocycles. The Bertz CT molecular complexity index is 583. The molecule has 0 N–H and O–H groups in total. The molecule has 1 rings (SSSR count). The van der Waals surface area contributed by atoms with Gasteiger partial charge in [-0.25, -0.2) is 4.79 Å².